The zero-order chi connectivity index (χ0) is 16.9. The van der Waals surface area contributed by atoms with Crippen molar-refractivity contribution in [3.8, 4) is 0 Å². The van der Waals surface area contributed by atoms with Gasteiger partial charge in [-0.25, -0.2) is 0 Å². The third kappa shape index (κ3) is 4.23. The second kappa shape index (κ2) is 7.92. The average Bonchev–Trinajstić information content (AvgIpc) is 3.07. The van der Waals surface area contributed by atoms with Gasteiger partial charge in [0.2, 0.25) is 0 Å². The fourth-order valence-corrected chi connectivity index (χ4v) is 3.72. The number of morpholine rings is 1. The summed E-state index contributed by atoms with van der Waals surface area (Å²) in [4.78, 5) is 26.8. The van der Waals surface area contributed by atoms with Crippen LogP contribution < -0.4 is 5.32 Å². The first-order valence-corrected chi connectivity index (χ1v) is 9.24. The minimum Gasteiger partial charge on any atom is -0.378 e. The molecule has 24 heavy (non-hydrogen) atoms. The summed E-state index contributed by atoms with van der Waals surface area (Å²) < 4.78 is 6.19. The van der Waals surface area contributed by atoms with Crippen LogP contribution >= 0.6 is 27.3 Å². The Morgan fingerprint density at radius 3 is 2.46 bits per heavy atom. The lowest BCUT2D eigenvalue weighted by Gasteiger charge is -2.26. The molecule has 0 bridgehead atoms. The monoisotopic (exact) mass is 408 g/mol. The Balaban J connectivity index is 1.56. The van der Waals surface area contributed by atoms with E-state index in [9.17, 15) is 9.59 Å². The molecule has 2 amide bonds. The summed E-state index contributed by atoms with van der Waals surface area (Å²) >= 11 is 4.74. The minimum absolute atomic E-state index is 0.0253. The fourth-order valence-electron chi connectivity index (χ4n) is 2.42. The van der Waals surface area contributed by atoms with Crippen LogP contribution in [0, 0.1) is 0 Å². The van der Waals surface area contributed by atoms with E-state index in [1.54, 1.807) is 23.1 Å². The van der Waals surface area contributed by atoms with Crippen molar-refractivity contribution in [3.63, 3.8) is 0 Å². The fraction of sp³-hybridized carbons (Fsp3) is 0.294. The molecule has 1 aliphatic rings. The Kier molecular flexibility index (Phi) is 5.65. The maximum atomic E-state index is 12.4. The third-order valence-electron chi connectivity index (χ3n) is 3.75. The molecule has 0 radical (unpaired) electrons. The van der Waals surface area contributed by atoms with Crippen LogP contribution in [0.1, 0.15) is 25.6 Å². The molecule has 1 saturated heterocycles. The molecule has 1 aliphatic heterocycles. The molecular formula is C17H17BrN2O3S. The predicted molar refractivity (Wildman–Crippen MR) is 96.4 cm³/mol. The number of hydrogen-bond donors (Lipinski definition) is 1. The van der Waals surface area contributed by atoms with Crippen LogP contribution in [0.15, 0.2) is 40.2 Å². The van der Waals surface area contributed by atoms with E-state index >= 15 is 0 Å². The highest BCUT2D eigenvalue weighted by Crippen LogP contribution is 2.21. The van der Waals surface area contributed by atoms with Crippen molar-refractivity contribution in [2.45, 2.75) is 6.54 Å². The highest BCUT2D eigenvalue weighted by molar-refractivity contribution is 9.11. The minimum atomic E-state index is -0.0980. The summed E-state index contributed by atoms with van der Waals surface area (Å²) in [5.41, 5.74) is 1.62. The van der Waals surface area contributed by atoms with Gasteiger partial charge in [-0.3, -0.25) is 9.59 Å². The summed E-state index contributed by atoms with van der Waals surface area (Å²) in [5, 5.41) is 2.88. The Hall–Kier alpha value is -1.70. The number of hydrogen-bond acceptors (Lipinski definition) is 4. The quantitative estimate of drug-likeness (QED) is 0.845. The number of amides is 2. The van der Waals surface area contributed by atoms with E-state index in [2.05, 4.69) is 21.2 Å². The molecule has 0 unspecified atom stereocenters. The van der Waals surface area contributed by atoms with Gasteiger partial charge in [-0.15, -0.1) is 11.3 Å². The van der Waals surface area contributed by atoms with Crippen molar-refractivity contribution < 1.29 is 14.3 Å². The molecule has 0 spiro atoms. The molecule has 2 aromatic rings. The molecule has 0 aliphatic carbocycles. The smallest absolute Gasteiger partial charge is 0.261 e. The number of halogens is 1. The van der Waals surface area contributed by atoms with Gasteiger partial charge < -0.3 is 15.0 Å². The molecule has 7 heteroatoms. The summed E-state index contributed by atoms with van der Waals surface area (Å²) in [6.07, 6.45) is 0. The third-order valence-corrected chi connectivity index (χ3v) is 5.37. The van der Waals surface area contributed by atoms with Gasteiger partial charge in [-0.05, 0) is 45.8 Å². The van der Waals surface area contributed by atoms with Gasteiger partial charge in [0.25, 0.3) is 11.8 Å². The van der Waals surface area contributed by atoms with E-state index < -0.39 is 0 Å². The zero-order valence-corrected chi connectivity index (χ0v) is 15.4. The highest BCUT2D eigenvalue weighted by atomic mass is 79.9. The van der Waals surface area contributed by atoms with Gasteiger partial charge in [-0.1, -0.05) is 12.1 Å². The summed E-state index contributed by atoms with van der Waals surface area (Å²) in [7, 11) is 0. The molecule has 0 saturated carbocycles. The lowest BCUT2D eigenvalue weighted by molar-refractivity contribution is 0.0303. The van der Waals surface area contributed by atoms with Gasteiger partial charge >= 0.3 is 0 Å². The van der Waals surface area contributed by atoms with Crippen LogP contribution in [0.5, 0.6) is 0 Å². The first-order valence-electron chi connectivity index (χ1n) is 7.63. The molecular weight excluding hydrogens is 392 g/mol. The number of nitrogens with zero attached hydrogens (tertiary/aromatic N) is 1. The number of ether oxygens (including phenoxy) is 1. The van der Waals surface area contributed by atoms with E-state index in [0.717, 1.165) is 9.35 Å². The van der Waals surface area contributed by atoms with Crippen molar-refractivity contribution in [1.29, 1.82) is 0 Å². The standard InChI is InChI=1S/C17H17BrN2O3S/c18-15-6-5-14(24-15)16(21)19-11-12-1-3-13(4-2-12)17(22)20-7-9-23-10-8-20/h1-6H,7-11H2,(H,19,21). The van der Waals surface area contributed by atoms with Crippen LogP contribution in [-0.4, -0.2) is 43.0 Å². The van der Waals surface area contributed by atoms with E-state index in [1.165, 1.54) is 11.3 Å². The molecule has 126 valence electrons. The highest BCUT2D eigenvalue weighted by Gasteiger charge is 2.18. The van der Waals surface area contributed by atoms with E-state index in [1.807, 2.05) is 18.2 Å². The van der Waals surface area contributed by atoms with E-state index in [-0.39, 0.29) is 11.8 Å². The molecule has 0 atom stereocenters. The van der Waals surface area contributed by atoms with Crippen LogP contribution in [-0.2, 0) is 11.3 Å². The van der Waals surface area contributed by atoms with Gasteiger partial charge in [0.1, 0.15) is 0 Å². The lowest BCUT2D eigenvalue weighted by atomic mass is 10.1. The summed E-state index contributed by atoms with van der Waals surface area (Å²) in [6, 6.07) is 11.0. The molecule has 1 aromatic heterocycles. The molecule has 5 nitrogen and oxygen atoms in total. The number of carbonyl (C=O) groups excluding carboxylic acids is 2. The van der Waals surface area contributed by atoms with Crippen molar-refractivity contribution in [2.24, 2.45) is 0 Å². The lowest BCUT2D eigenvalue weighted by Crippen LogP contribution is -2.40. The molecule has 2 heterocycles. The SMILES string of the molecule is O=C(NCc1ccc(C(=O)N2CCOCC2)cc1)c1ccc(Br)s1. The normalized spacial score (nSPS) is 14.5. The number of carbonyl (C=O) groups is 2. The van der Waals surface area contributed by atoms with Gasteiger partial charge in [-0.2, -0.15) is 0 Å². The second-order valence-electron chi connectivity index (χ2n) is 5.39. The summed E-state index contributed by atoms with van der Waals surface area (Å²) in [6.45, 7) is 2.88. The first kappa shape index (κ1) is 17.1. The molecule has 1 aromatic carbocycles. The van der Waals surface area contributed by atoms with Gasteiger partial charge in [0, 0.05) is 25.2 Å². The number of thiophene rings is 1. The largest absolute Gasteiger partial charge is 0.378 e. The first-order chi connectivity index (χ1) is 11.6. The Bertz CT molecular complexity index is 724. The van der Waals surface area contributed by atoms with Crippen molar-refractivity contribution in [3.05, 3.63) is 56.2 Å². The number of benzene rings is 1. The second-order valence-corrected chi connectivity index (χ2v) is 7.85. The van der Waals surface area contributed by atoms with Gasteiger partial charge in [0.05, 0.1) is 21.9 Å². The van der Waals surface area contributed by atoms with Crippen LogP contribution in [0.3, 0.4) is 0 Å². The average molecular weight is 409 g/mol. The predicted octanol–water partition coefficient (Wildman–Crippen LogP) is 2.91. The molecule has 3 rings (SSSR count). The summed E-state index contributed by atoms with van der Waals surface area (Å²) in [5.74, 6) is -0.0727. The number of rotatable bonds is 4. The Morgan fingerprint density at radius 1 is 1.12 bits per heavy atom. The van der Waals surface area contributed by atoms with Gasteiger partial charge in [0.15, 0.2) is 0 Å². The maximum Gasteiger partial charge on any atom is 0.261 e. The number of nitrogens with one attached hydrogen (secondary N) is 1. The van der Waals surface area contributed by atoms with E-state index in [4.69, 9.17) is 4.74 Å². The van der Waals surface area contributed by atoms with Crippen LogP contribution in [0.4, 0.5) is 0 Å². The van der Waals surface area contributed by atoms with Crippen LogP contribution in [0.2, 0.25) is 0 Å². The molecule has 1 N–H and O–H groups in total. The Labute approximate surface area is 152 Å². The molecule has 1 fully saturated rings. The van der Waals surface area contributed by atoms with Crippen molar-refractivity contribution >= 4 is 39.1 Å². The maximum absolute atomic E-state index is 12.4. The zero-order valence-electron chi connectivity index (χ0n) is 13.0. The van der Waals surface area contributed by atoms with Crippen LogP contribution in [0.25, 0.3) is 0 Å². The van der Waals surface area contributed by atoms with Crippen molar-refractivity contribution in [1.82, 2.24) is 10.2 Å². The van der Waals surface area contributed by atoms with E-state index in [0.29, 0.717) is 43.3 Å². The topological polar surface area (TPSA) is 58.6 Å². The Morgan fingerprint density at radius 2 is 1.83 bits per heavy atom. The van der Waals surface area contributed by atoms with Crippen molar-refractivity contribution in [2.75, 3.05) is 26.3 Å².